The number of benzene rings is 1. The van der Waals surface area contributed by atoms with Crippen molar-refractivity contribution in [3.05, 3.63) is 49.6 Å². The summed E-state index contributed by atoms with van der Waals surface area (Å²) < 4.78 is 17.8. The fraction of sp³-hybridized carbons (Fsp3) is 0.618. The molecule has 0 radical (unpaired) electrons. The van der Waals surface area contributed by atoms with Gasteiger partial charge in [-0.25, -0.2) is 0 Å². The highest BCUT2D eigenvalue weighted by Gasteiger charge is 2.75. The lowest BCUT2D eigenvalue weighted by molar-refractivity contribution is -0.151. The number of aliphatic hydroxyl groups is 1. The van der Waals surface area contributed by atoms with Gasteiger partial charge in [-0.05, 0) is 50.5 Å². The van der Waals surface area contributed by atoms with E-state index < -0.39 is 35.6 Å². The van der Waals surface area contributed by atoms with Crippen LogP contribution < -0.4 is 9.64 Å². The van der Waals surface area contributed by atoms with Gasteiger partial charge in [-0.15, -0.1) is 13.2 Å². The number of likely N-dealkylation sites (tertiary alicyclic amines) is 1. The highest BCUT2D eigenvalue weighted by molar-refractivity contribution is 6.03. The van der Waals surface area contributed by atoms with Gasteiger partial charge in [0.2, 0.25) is 17.7 Å². The second-order valence-electron chi connectivity index (χ2n) is 12.2. The Morgan fingerprint density at radius 2 is 1.84 bits per heavy atom. The quantitative estimate of drug-likeness (QED) is 0.296. The van der Waals surface area contributed by atoms with Gasteiger partial charge in [0.1, 0.15) is 17.4 Å². The smallest absolute Gasteiger partial charge is 0.248 e. The number of amides is 3. The number of ether oxygens (including phenoxy) is 3. The van der Waals surface area contributed by atoms with Crippen LogP contribution in [0.25, 0.3) is 0 Å². The van der Waals surface area contributed by atoms with Crippen molar-refractivity contribution in [2.75, 3.05) is 70.6 Å². The number of hydrogen-bond donors (Lipinski definition) is 1. The Morgan fingerprint density at radius 3 is 2.47 bits per heavy atom. The molecule has 2 unspecified atom stereocenters. The fourth-order valence-electron chi connectivity index (χ4n) is 7.69. The number of rotatable bonds is 15. The molecule has 6 atom stereocenters. The second-order valence-corrected chi connectivity index (χ2v) is 12.2. The van der Waals surface area contributed by atoms with Gasteiger partial charge in [0, 0.05) is 45.0 Å². The standard InChI is InChI=1S/C34H48N4O7/c1-5-15-36(18-17-35-19-21-43-22-20-35)33(42)30-34-14-13-27(45-34)28(29(34)32(41)38(30)24(7-3)23-39)31(40)37(16-6-2)25-9-11-26(12-10-25)44-8-4/h5-6,9-12,24,27-30,39H,1-2,7-8,13-23H2,3-4H3/t24-,27-,28+,29-,30?,34?/m0/s1. The normalized spacial score (nSPS) is 28.1. The SMILES string of the molecule is C=CCN(CCN1CCOCC1)C(=O)C1N([C@@H](CC)CO)C(=O)[C@@H]2[C@H](C(=O)N(CC=C)c3ccc(OCC)cc3)[C@@H]3CCC12O3. The molecule has 1 aromatic carbocycles. The molecule has 4 heterocycles. The third kappa shape index (κ3) is 6.15. The summed E-state index contributed by atoms with van der Waals surface area (Å²) in [5.41, 5.74) is -0.490. The first-order valence-electron chi connectivity index (χ1n) is 16.3. The highest BCUT2D eigenvalue weighted by Crippen LogP contribution is 2.59. The molecule has 5 rings (SSSR count). The van der Waals surface area contributed by atoms with Gasteiger partial charge in [0.15, 0.2) is 0 Å². The summed E-state index contributed by atoms with van der Waals surface area (Å²) in [5.74, 6) is -1.66. The number of morpholine rings is 1. The lowest BCUT2D eigenvalue weighted by Crippen LogP contribution is -2.59. The van der Waals surface area contributed by atoms with E-state index in [0.717, 1.165) is 13.1 Å². The van der Waals surface area contributed by atoms with Crippen molar-refractivity contribution < 1.29 is 33.7 Å². The Morgan fingerprint density at radius 1 is 1.13 bits per heavy atom. The lowest BCUT2D eigenvalue weighted by Gasteiger charge is -2.39. The van der Waals surface area contributed by atoms with Crippen LogP contribution in [-0.2, 0) is 23.9 Å². The molecule has 45 heavy (non-hydrogen) atoms. The van der Waals surface area contributed by atoms with Gasteiger partial charge in [-0.3, -0.25) is 19.3 Å². The maximum absolute atomic E-state index is 14.6. The third-order valence-corrected chi connectivity index (χ3v) is 9.82. The van der Waals surface area contributed by atoms with Crippen molar-refractivity contribution in [1.82, 2.24) is 14.7 Å². The monoisotopic (exact) mass is 624 g/mol. The first-order chi connectivity index (χ1) is 21.8. The maximum atomic E-state index is 14.6. The first kappa shape index (κ1) is 33.1. The molecule has 11 nitrogen and oxygen atoms in total. The van der Waals surface area contributed by atoms with Gasteiger partial charge in [-0.1, -0.05) is 19.1 Å². The van der Waals surface area contributed by atoms with Crippen LogP contribution in [0.2, 0.25) is 0 Å². The van der Waals surface area contributed by atoms with Crippen LogP contribution in [0.3, 0.4) is 0 Å². The van der Waals surface area contributed by atoms with Crippen LogP contribution in [0, 0.1) is 11.8 Å². The summed E-state index contributed by atoms with van der Waals surface area (Å²) in [4.78, 5) is 50.7. The Kier molecular flexibility index (Phi) is 10.6. The molecule has 0 aliphatic carbocycles. The van der Waals surface area contributed by atoms with Gasteiger partial charge in [-0.2, -0.15) is 0 Å². The molecule has 4 aliphatic rings. The molecule has 4 fully saturated rings. The number of carbonyl (C=O) groups excluding carboxylic acids is 3. The Balaban J connectivity index is 1.47. The van der Waals surface area contributed by atoms with Crippen LogP contribution >= 0.6 is 0 Å². The van der Waals surface area contributed by atoms with Crippen LogP contribution in [0.15, 0.2) is 49.6 Å². The van der Waals surface area contributed by atoms with Crippen LogP contribution in [-0.4, -0.2) is 127 Å². The molecule has 4 saturated heterocycles. The van der Waals surface area contributed by atoms with Crippen molar-refractivity contribution >= 4 is 23.4 Å². The van der Waals surface area contributed by atoms with Crippen LogP contribution in [0.5, 0.6) is 5.75 Å². The average molecular weight is 625 g/mol. The molecule has 2 bridgehead atoms. The van der Waals surface area contributed by atoms with Crippen molar-refractivity contribution in [2.24, 2.45) is 11.8 Å². The first-order valence-corrected chi connectivity index (χ1v) is 16.3. The van der Waals surface area contributed by atoms with E-state index in [1.807, 2.05) is 38.1 Å². The van der Waals surface area contributed by atoms with E-state index in [2.05, 4.69) is 18.1 Å². The fourth-order valence-corrected chi connectivity index (χ4v) is 7.69. The predicted octanol–water partition coefficient (Wildman–Crippen LogP) is 2.10. The summed E-state index contributed by atoms with van der Waals surface area (Å²) in [6.07, 6.45) is 4.38. The molecular formula is C34H48N4O7. The summed E-state index contributed by atoms with van der Waals surface area (Å²) in [6.45, 7) is 16.4. The number of aliphatic hydroxyl groups excluding tert-OH is 1. The zero-order chi connectivity index (χ0) is 32.1. The molecular weight excluding hydrogens is 576 g/mol. The Labute approximate surface area is 266 Å². The summed E-state index contributed by atoms with van der Waals surface area (Å²) >= 11 is 0. The van der Waals surface area contributed by atoms with Gasteiger partial charge in [0.05, 0.1) is 50.4 Å². The molecule has 1 spiro atoms. The van der Waals surface area contributed by atoms with E-state index in [1.54, 1.807) is 26.9 Å². The minimum absolute atomic E-state index is 0.228. The predicted molar refractivity (Wildman–Crippen MR) is 170 cm³/mol. The van der Waals surface area contributed by atoms with Crippen molar-refractivity contribution in [2.45, 2.75) is 56.9 Å². The molecule has 1 aromatic rings. The molecule has 246 valence electrons. The maximum Gasteiger partial charge on any atom is 0.248 e. The summed E-state index contributed by atoms with van der Waals surface area (Å²) in [5, 5.41) is 10.4. The van der Waals surface area contributed by atoms with Crippen molar-refractivity contribution in [3.63, 3.8) is 0 Å². The lowest BCUT2D eigenvalue weighted by atomic mass is 9.70. The average Bonchev–Trinajstić information content (AvgIpc) is 3.71. The topological polar surface area (TPSA) is 112 Å². The van der Waals surface area contributed by atoms with Crippen molar-refractivity contribution in [3.8, 4) is 5.75 Å². The van der Waals surface area contributed by atoms with E-state index in [-0.39, 0.29) is 30.9 Å². The molecule has 0 saturated carbocycles. The zero-order valence-electron chi connectivity index (χ0n) is 26.6. The Hall–Kier alpha value is -3.25. The molecule has 0 aromatic heterocycles. The van der Waals surface area contributed by atoms with Crippen LogP contribution in [0.1, 0.15) is 33.1 Å². The highest BCUT2D eigenvalue weighted by atomic mass is 16.5. The van der Waals surface area contributed by atoms with E-state index in [9.17, 15) is 19.5 Å². The van der Waals surface area contributed by atoms with E-state index in [0.29, 0.717) is 70.2 Å². The number of fused-ring (bicyclic) bond motifs is 1. The minimum atomic E-state index is -1.15. The van der Waals surface area contributed by atoms with Crippen molar-refractivity contribution in [1.29, 1.82) is 0 Å². The van der Waals surface area contributed by atoms with E-state index in [1.165, 1.54) is 0 Å². The number of nitrogens with zero attached hydrogens (tertiary/aromatic N) is 4. The van der Waals surface area contributed by atoms with E-state index in [4.69, 9.17) is 14.2 Å². The number of hydrogen-bond acceptors (Lipinski definition) is 8. The van der Waals surface area contributed by atoms with Gasteiger partial charge >= 0.3 is 0 Å². The second kappa shape index (κ2) is 14.5. The molecule has 4 aliphatic heterocycles. The van der Waals surface area contributed by atoms with E-state index >= 15 is 0 Å². The third-order valence-electron chi connectivity index (χ3n) is 9.82. The number of anilines is 1. The summed E-state index contributed by atoms with van der Waals surface area (Å²) in [6, 6.07) is 5.76. The minimum Gasteiger partial charge on any atom is -0.494 e. The van der Waals surface area contributed by atoms with Gasteiger partial charge in [0.25, 0.3) is 0 Å². The Bertz CT molecular complexity index is 1230. The zero-order valence-corrected chi connectivity index (χ0v) is 26.6. The summed E-state index contributed by atoms with van der Waals surface area (Å²) in [7, 11) is 0. The largest absolute Gasteiger partial charge is 0.494 e. The number of carbonyl (C=O) groups is 3. The van der Waals surface area contributed by atoms with Crippen LogP contribution in [0.4, 0.5) is 5.69 Å². The molecule has 3 amide bonds. The molecule has 1 N–H and O–H groups in total. The van der Waals surface area contributed by atoms with Gasteiger partial charge < -0.3 is 34.0 Å². The molecule has 11 heteroatoms.